The van der Waals surface area contributed by atoms with Gasteiger partial charge in [-0.2, -0.15) is 0 Å². The SMILES string of the molecule is CCC(CC)S(=O)(=O)c1ccc(OC)c(NC(=O)C(Cl)(Cl)Cl)c1. The van der Waals surface area contributed by atoms with Crippen molar-refractivity contribution in [3.63, 3.8) is 0 Å². The molecule has 1 aromatic rings. The number of anilines is 1. The van der Waals surface area contributed by atoms with E-state index in [0.29, 0.717) is 12.8 Å². The summed E-state index contributed by atoms with van der Waals surface area (Å²) in [5, 5.41) is 1.86. The second-order valence-corrected chi connectivity index (χ2v) is 9.31. The predicted octanol–water partition coefficient (Wildman–Crippen LogP) is 3.97. The molecule has 0 radical (unpaired) electrons. The second kappa shape index (κ2) is 7.92. The first-order chi connectivity index (χ1) is 10.6. The maximum absolute atomic E-state index is 12.6. The highest BCUT2D eigenvalue weighted by atomic mass is 35.6. The van der Waals surface area contributed by atoms with Crippen LogP contribution in [0.25, 0.3) is 0 Å². The van der Waals surface area contributed by atoms with Gasteiger partial charge < -0.3 is 10.1 Å². The molecule has 1 amide bonds. The largest absolute Gasteiger partial charge is 0.495 e. The molecule has 0 aliphatic carbocycles. The van der Waals surface area contributed by atoms with Crippen LogP contribution in [0.15, 0.2) is 23.1 Å². The quantitative estimate of drug-likeness (QED) is 0.731. The lowest BCUT2D eigenvalue weighted by atomic mass is 10.3. The minimum absolute atomic E-state index is 0.0756. The Morgan fingerprint density at radius 2 is 1.83 bits per heavy atom. The molecule has 0 unspecified atom stereocenters. The van der Waals surface area contributed by atoms with Gasteiger partial charge in [-0.25, -0.2) is 8.42 Å². The van der Waals surface area contributed by atoms with Gasteiger partial charge in [0.25, 0.3) is 9.70 Å². The lowest BCUT2D eigenvalue weighted by Gasteiger charge is -2.17. The third kappa shape index (κ3) is 4.89. The van der Waals surface area contributed by atoms with E-state index in [9.17, 15) is 13.2 Å². The van der Waals surface area contributed by atoms with Gasteiger partial charge >= 0.3 is 0 Å². The van der Waals surface area contributed by atoms with Gasteiger partial charge in [-0.1, -0.05) is 48.7 Å². The number of methoxy groups -OCH3 is 1. The summed E-state index contributed by atoms with van der Waals surface area (Å²) in [5.74, 6) is -0.644. The molecule has 0 aliphatic rings. The van der Waals surface area contributed by atoms with E-state index in [1.165, 1.54) is 25.3 Å². The number of hydrogen-bond donors (Lipinski definition) is 1. The van der Waals surface area contributed by atoms with Crippen LogP contribution >= 0.6 is 34.8 Å². The molecule has 0 aromatic heterocycles. The number of sulfone groups is 1. The summed E-state index contributed by atoms with van der Waals surface area (Å²) in [6.45, 7) is 3.61. The number of carbonyl (C=O) groups excluding carboxylic acids is 1. The van der Waals surface area contributed by atoms with Crippen molar-refractivity contribution < 1.29 is 17.9 Å². The van der Waals surface area contributed by atoms with Crippen LogP contribution in [0, 0.1) is 0 Å². The Labute approximate surface area is 151 Å². The van der Waals surface area contributed by atoms with Gasteiger partial charge in [0.1, 0.15) is 5.75 Å². The number of alkyl halides is 3. The van der Waals surface area contributed by atoms with Gasteiger partial charge in [0.05, 0.1) is 22.9 Å². The molecule has 23 heavy (non-hydrogen) atoms. The van der Waals surface area contributed by atoms with Crippen LogP contribution in [0.5, 0.6) is 5.75 Å². The van der Waals surface area contributed by atoms with Crippen molar-refractivity contribution >= 4 is 56.2 Å². The van der Waals surface area contributed by atoms with E-state index in [2.05, 4.69) is 5.32 Å². The maximum Gasteiger partial charge on any atom is 0.276 e. The molecule has 130 valence electrons. The van der Waals surface area contributed by atoms with E-state index in [1.54, 1.807) is 13.8 Å². The fraction of sp³-hybridized carbons (Fsp3) is 0.500. The van der Waals surface area contributed by atoms with Gasteiger partial charge in [0, 0.05) is 0 Å². The number of rotatable bonds is 6. The van der Waals surface area contributed by atoms with E-state index in [0.717, 1.165) is 0 Å². The molecule has 1 N–H and O–H groups in total. The van der Waals surface area contributed by atoms with Crippen molar-refractivity contribution in [1.29, 1.82) is 0 Å². The topological polar surface area (TPSA) is 72.5 Å². The zero-order valence-electron chi connectivity index (χ0n) is 12.9. The first-order valence-electron chi connectivity index (χ1n) is 6.88. The number of halogens is 3. The summed E-state index contributed by atoms with van der Waals surface area (Å²) in [5.41, 5.74) is 0.121. The molecule has 0 atom stereocenters. The third-order valence-corrected chi connectivity index (χ3v) is 6.32. The molecule has 0 spiro atoms. The highest BCUT2D eigenvalue weighted by molar-refractivity contribution is 7.92. The molecule has 1 aromatic carbocycles. The first-order valence-corrected chi connectivity index (χ1v) is 9.56. The van der Waals surface area contributed by atoms with Crippen molar-refractivity contribution in [2.24, 2.45) is 0 Å². The van der Waals surface area contributed by atoms with Gasteiger partial charge in [-0.15, -0.1) is 0 Å². The second-order valence-electron chi connectivity index (χ2n) is 4.80. The van der Waals surface area contributed by atoms with E-state index < -0.39 is 24.8 Å². The average molecular weight is 403 g/mol. The van der Waals surface area contributed by atoms with E-state index in [-0.39, 0.29) is 16.3 Å². The zero-order valence-corrected chi connectivity index (χ0v) is 16.0. The van der Waals surface area contributed by atoms with Crippen LogP contribution in [0.1, 0.15) is 26.7 Å². The fourth-order valence-corrected chi connectivity index (χ4v) is 4.02. The fourth-order valence-electron chi connectivity index (χ4n) is 2.07. The van der Waals surface area contributed by atoms with E-state index in [1.807, 2.05) is 0 Å². The normalized spacial score (nSPS) is 12.3. The molecule has 1 rings (SSSR count). The van der Waals surface area contributed by atoms with Gasteiger partial charge in [0.2, 0.25) is 0 Å². The molecule has 5 nitrogen and oxygen atoms in total. The Balaban J connectivity index is 3.30. The Morgan fingerprint density at radius 3 is 2.26 bits per heavy atom. The molecule has 0 fully saturated rings. The van der Waals surface area contributed by atoms with Crippen molar-refractivity contribution in [2.45, 2.75) is 40.6 Å². The summed E-state index contributed by atoms with van der Waals surface area (Å²) in [7, 11) is -2.14. The van der Waals surface area contributed by atoms with Gasteiger partial charge in [-0.05, 0) is 31.0 Å². The monoisotopic (exact) mass is 401 g/mol. The smallest absolute Gasteiger partial charge is 0.276 e. The molecule has 0 saturated heterocycles. The lowest BCUT2D eigenvalue weighted by molar-refractivity contribution is -0.115. The van der Waals surface area contributed by atoms with Crippen LogP contribution in [0.2, 0.25) is 0 Å². The molecule has 0 aliphatic heterocycles. The summed E-state index contributed by atoms with van der Waals surface area (Å²) >= 11 is 16.5. The van der Waals surface area contributed by atoms with Crippen LogP contribution in [0.3, 0.4) is 0 Å². The van der Waals surface area contributed by atoms with E-state index in [4.69, 9.17) is 39.5 Å². The Bertz CT molecular complexity index is 667. The van der Waals surface area contributed by atoms with Gasteiger partial charge in [-0.3, -0.25) is 4.79 Å². The Kier molecular flexibility index (Phi) is 7.01. The van der Waals surface area contributed by atoms with E-state index >= 15 is 0 Å². The highest BCUT2D eigenvalue weighted by Gasteiger charge is 2.32. The minimum atomic E-state index is -3.53. The number of amides is 1. The molecule has 0 heterocycles. The summed E-state index contributed by atoms with van der Waals surface area (Å²) < 4.78 is 28.1. The summed E-state index contributed by atoms with van der Waals surface area (Å²) in [6.07, 6.45) is 0.974. The number of hydrogen-bond acceptors (Lipinski definition) is 4. The zero-order chi connectivity index (χ0) is 17.8. The lowest BCUT2D eigenvalue weighted by Crippen LogP contribution is -2.27. The molecule has 0 bridgehead atoms. The van der Waals surface area contributed by atoms with Crippen LogP contribution in [0.4, 0.5) is 5.69 Å². The highest BCUT2D eigenvalue weighted by Crippen LogP contribution is 2.33. The first kappa shape index (κ1) is 20.4. The Hall–Kier alpha value is -0.690. The van der Waals surface area contributed by atoms with Crippen LogP contribution < -0.4 is 10.1 Å². The molecular formula is C14H18Cl3NO4S. The standard InChI is InChI=1S/C14H18Cl3NO4S/c1-4-9(5-2)23(20,21)10-6-7-12(22-3)11(8-10)18-13(19)14(15,16)17/h6-9H,4-5H2,1-3H3,(H,18,19). The molecule has 0 saturated carbocycles. The van der Waals surface area contributed by atoms with Crippen molar-refractivity contribution in [3.8, 4) is 5.75 Å². The third-order valence-electron chi connectivity index (χ3n) is 3.35. The average Bonchev–Trinajstić information content (AvgIpc) is 2.47. The number of ether oxygens (including phenoxy) is 1. The number of benzene rings is 1. The van der Waals surface area contributed by atoms with Crippen molar-refractivity contribution in [1.82, 2.24) is 0 Å². The maximum atomic E-state index is 12.6. The van der Waals surface area contributed by atoms with Crippen molar-refractivity contribution in [3.05, 3.63) is 18.2 Å². The predicted molar refractivity (Wildman–Crippen MR) is 93.5 cm³/mol. The Morgan fingerprint density at radius 1 is 1.26 bits per heavy atom. The van der Waals surface area contributed by atoms with Gasteiger partial charge in [0.15, 0.2) is 9.84 Å². The number of carbonyl (C=O) groups is 1. The number of nitrogens with one attached hydrogen (secondary N) is 1. The summed E-state index contributed by atoms with van der Waals surface area (Å²) in [6, 6.07) is 4.18. The van der Waals surface area contributed by atoms with Crippen molar-refractivity contribution in [2.75, 3.05) is 12.4 Å². The minimum Gasteiger partial charge on any atom is -0.495 e. The van der Waals surface area contributed by atoms with Crippen LogP contribution in [-0.4, -0.2) is 30.5 Å². The summed E-state index contributed by atoms with van der Waals surface area (Å²) in [4.78, 5) is 11.9. The molecule has 9 heteroatoms. The molecular weight excluding hydrogens is 385 g/mol. The van der Waals surface area contributed by atoms with Crippen LogP contribution in [-0.2, 0) is 14.6 Å².